The van der Waals surface area contributed by atoms with Crippen LogP contribution < -0.4 is 0 Å². The van der Waals surface area contributed by atoms with Crippen molar-refractivity contribution in [1.82, 2.24) is 4.90 Å². The van der Waals surface area contributed by atoms with Gasteiger partial charge >= 0.3 is 5.97 Å². The maximum atomic E-state index is 10.7. The number of fused-ring (bicyclic) bond motifs is 1. The maximum absolute atomic E-state index is 10.7. The molecule has 0 saturated carbocycles. The lowest BCUT2D eigenvalue weighted by atomic mass is 10.1. The third-order valence-electron chi connectivity index (χ3n) is 2.43. The number of aliphatic imine (C=N–C) groups is 1. The summed E-state index contributed by atoms with van der Waals surface area (Å²) < 4.78 is 10.7. The second-order valence-electron chi connectivity index (χ2n) is 4.14. The van der Waals surface area contributed by atoms with Crippen molar-refractivity contribution in [2.24, 2.45) is 4.99 Å². The van der Waals surface area contributed by atoms with Gasteiger partial charge in [-0.1, -0.05) is 11.8 Å². The van der Waals surface area contributed by atoms with Gasteiger partial charge in [0.15, 0.2) is 5.17 Å². The van der Waals surface area contributed by atoms with Gasteiger partial charge in [-0.3, -0.25) is 9.79 Å². The molecule has 3 atom stereocenters. The minimum Gasteiger partial charge on any atom is -0.463 e. The summed E-state index contributed by atoms with van der Waals surface area (Å²) in [5, 5.41) is 0.970. The van der Waals surface area contributed by atoms with Crippen LogP contribution >= 0.6 is 11.8 Å². The number of ether oxygens (including phenoxy) is 2. The molecule has 0 aliphatic carbocycles. The standard InChI is InChI=1S/C11H16N2O3S/c1-7(14)15-6-8-4-5-9-10(16-8)17-11(12-9)13(2)3/h4-5,8-10H,6H2,1-3H3. The lowest BCUT2D eigenvalue weighted by Gasteiger charge is -2.29. The zero-order valence-corrected chi connectivity index (χ0v) is 10.9. The van der Waals surface area contributed by atoms with Crippen molar-refractivity contribution in [3.8, 4) is 0 Å². The van der Waals surface area contributed by atoms with Crippen LogP contribution in [0.5, 0.6) is 0 Å². The minimum absolute atomic E-state index is 0.00189. The van der Waals surface area contributed by atoms with E-state index in [1.54, 1.807) is 11.8 Å². The number of amidine groups is 1. The monoisotopic (exact) mass is 256 g/mol. The molecule has 2 rings (SSSR count). The first-order chi connectivity index (χ1) is 8.06. The lowest BCUT2D eigenvalue weighted by Crippen LogP contribution is -2.37. The number of hydrogen-bond donors (Lipinski definition) is 0. The summed E-state index contributed by atoms with van der Waals surface area (Å²) in [6.45, 7) is 1.67. The Morgan fingerprint density at radius 2 is 2.35 bits per heavy atom. The van der Waals surface area contributed by atoms with Crippen LogP contribution in [0.2, 0.25) is 0 Å². The molecule has 2 aliphatic rings. The average Bonchev–Trinajstić information content (AvgIpc) is 2.69. The molecule has 1 fully saturated rings. The molecular weight excluding hydrogens is 240 g/mol. The highest BCUT2D eigenvalue weighted by Gasteiger charge is 2.38. The number of carbonyl (C=O) groups is 1. The second kappa shape index (κ2) is 5.27. The summed E-state index contributed by atoms with van der Waals surface area (Å²) in [7, 11) is 3.92. The van der Waals surface area contributed by atoms with Crippen molar-refractivity contribution in [3.63, 3.8) is 0 Å². The maximum Gasteiger partial charge on any atom is 0.302 e. The smallest absolute Gasteiger partial charge is 0.302 e. The van der Waals surface area contributed by atoms with Crippen molar-refractivity contribution >= 4 is 22.9 Å². The molecule has 0 aromatic heterocycles. The van der Waals surface area contributed by atoms with Crippen molar-refractivity contribution in [2.45, 2.75) is 24.5 Å². The summed E-state index contributed by atoms with van der Waals surface area (Å²) in [5.74, 6) is -0.284. The topological polar surface area (TPSA) is 51.1 Å². The summed E-state index contributed by atoms with van der Waals surface area (Å²) in [6.07, 6.45) is 3.77. The predicted molar refractivity (Wildman–Crippen MR) is 66.4 cm³/mol. The third kappa shape index (κ3) is 3.13. The van der Waals surface area contributed by atoms with Crippen LogP contribution in [0.25, 0.3) is 0 Å². The van der Waals surface area contributed by atoms with E-state index < -0.39 is 0 Å². The first-order valence-electron chi connectivity index (χ1n) is 5.45. The number of esters is 1. The van der Waals surface area contributed by atoms with Gasteiger partial charge in [-0.2, -0.15) is 0 Å². The van der Waals surface area contributed by atoms with Gasteiger partial charge in [0, 0.05) is 21.0 Å². The Morgan fingerprint density at radius 3 is 3.00 bits per heavy atom. The molecule has 0 N–H and O–H groups in total. The van der Waals surface area contributed by atoms with Gasteiger partial charge in [0.25, 0.3) is 0 Å². The summed E-state index contributed by atoms with van der Waals surface area (Å²) in [6, 6.07) is 0.0750. The van der Waals surface area contributed by atoms with Crippen LogP contribution in [-0.4, -0.2) is 54.3 Å². The van der Waals surface area contributed by atoms with Gasteiger partial charge in [-0.05, 0) is 12.8 Å². The molecular formula is C11H16N2O3S. The molecule has 2 heterocycles. The van der Waals surface area contributed by atoms with E-state index in [1.165, 1.54) is 6.92 Å². The molecule has 1 saturated heterocycles. The highest BCUT2D eigenvalue weighted by molar-refractivity contribution is 8.14. The fraction of sp³-hybridized carbons (Fsp3) is 0.636. The predicted octanol–water partition coefficient (Wildman–Crippen LogP) is 0.716. The summed E-state index contributed by atoms with van der Waals surface area (Å²) in [5.41, 5.74) is -0.00189. The third-order valence-corrected chi connectivity index (χ3v) is 3.73. The van der Waals surface area contributed by atoms with Crippen LogP contribution in [0.4, 0.5) is 0 Å². The zero-order valence-electron chi connectivity index (χ0n) is 10.1. The number of rotatable bonds is 2. The molecule has 2 aliphatic heterocycles. The molecule has 0 aromatic rings. The average molecular weight is 256 g/mol. The largest absolute Gasteiger partial charge is 0.463 e. The van der Waals surface area contributed by atoms with Crippen LogP contribution in [-0.2, 0) is 14.3 Å². The number of carbonyl (C=O) groups excluding carboxylic acids is 1. The SMILES string of the molecule is CC(=O)OCC1[CH][CH]C2N=C(N(C)C)SC2O1. The van der Waals surface area contributed by atoms with E-state index in [2.05, 4.69) is 4.99 Å². The van der Waals surface area contributed by atoms with Crippen molar-refractivity contribution in [1.29, 1.82) is 0 Å². The highest BCUT2D eigenvalue weighted by atomic mass is 32.2. The first-order valence-corrected chi connectivity index (χ1v) is 6.33. The lowest BCUT2D eigenvalue weighted by molar-refractivity contribution is -0.145. The Labute approximate surface area is 106 Å². The molecule has 5 nitrogen and oxygen atoms in total. The Balaban J connectivity index is 1.84. The fourth-order valence-electron chi connectivity index (χ4n) is 1.61. The van der Waals surface area contributed by atoms with E-state index in [4.69, 9.17) is 9.47 Å². The molecule has 0 bridgehead atoms. The Morgan fingerprint density at radius 1 is 1.59 bits per heavy atom. The molecule has 0 amide bonds. The van der Waals surface area contributed by atoms with E-state index in [-0.39, 0.29) is 30.2 Å². The van der Waals surface area contributed by atoms with Crippen LogP contribution in [0.15, 0.2) is 4.99 Å². The number of hydrogen-bond acceptors (Lipinski definition) is 6. The van der Waals surface area contributed by atoms with E-state index in [1.807, 2.05) is 31.8 Å². The normalized spacial score (nSPS) is 31.7. The quantitative estimate of drug-likeness (QED) is 0.681. The van der Waals surface area contributed by atoms with Gasteiger partial charge in [0.2, 0.25) is 0 Å². The van der Waals surface area contributed by atoms with Gasteiger partial charge in [-0.15, -0.1) is 0 Å². The zero-order chi connectivity index (χ0) is 12.4. The van der Waals surface area contributed by atoms with Gasteiger partial charge in [0.1, 0.15) is 12.0 Å². The molecule has 2 radical (unpaired) electrons. The molecule has 94 valence electrons. The van der Waals surface area contributed by atoms with Gasteiger partial charge in [-0.25, -0.2) is 0 Å². The van der Waals surface area contributed by atoms with Crippen LogP contribution in [0, 0.1) is 12.8 Å². The van der Waals surface area contributed by atoms with E-state index >= 15 is 0 Å². The van der Waals surface area contributed by atoms with Crippen molar-refractivity contribution in [2.75, 3.05) is 20.7 Å². The summed E-state index contributed by atoms with van der Waals surface area (Å²) >= 11 is 1.60. The fourth-order valence-corrected chi connectivity index (χ4v) is 2.70. The van der Waals surface area contributed by atoms with Crippen molar-refractivity contribution in [3.05, 3.63) is 12.8 Å². The molecule has 0 aromatic carbocycles. The highest BCUT2D eigenvalue weighted by Crippen LogP contribution is 2.35. The molecule has 17 heavy (non-hydrogen) atoms. The Bertz CT molecular complexity index is 333. The first kappa shape index (κ1) is 12.7. The second-order valence-corrected chi connectivity index (χ2v) is 5.21. The van der Waals surface area contributed by atoms with Crippen LogP contribution in [0.1, 0.15) is 6.92 Å². The van der Waals surface area contributed by atoms with Crippen LogP contribution in [0.3, 0.4) is 0 Å². The molecule has 3 unspecified atom stereocenters. The van der Waals surface area contributed by atoms with Crippen molar-refractivity contribution < 1.29 is 14.3 Å². The number of thioether (sulfide) groups is 1. The van der Waals surface area contributed by atoms with Gasteiger partial charge < -0.3 is 14.4 Å². The van der Waals surface area contributed by atoms with E-state index in [0.29, 0.717) is 0 Å². The number of nitrogens with zero attached hydrogens (tertiary/aromatic N) is 2. The summed E-state index contributed by atoms with van der Waals surface area (Å²) in [4.78, 5) is 17.2. The van der Waals surface area contributed by atoms with E-state index in [9.17, 15) is 4.79 Å². The molecule has 0 spiro atoms. The Hall–Kier alpha value is -0.750. The van der Waals surface area contributed by atoms with Gasteiger partial charge in [0.05, 0.1) is 12.1 Å². The minimum atomic E-state index is -0.284. The molecule has 6 heteroatoms. The van der Waals surface area contributed by atoms with E-state index in [0.717, 1.165) is 5.17 Å². The Kier molecular flexibility index (Phi) is 3.93.